The fourth-order valence-electron chi connectivity index (χ4n) is 7.14. The van der Waals surface area contributed by atoms with E-state index in [9.17, 15) is 9.59 Å². The van der Waals surface area contributed by atoms with Crippen molar-refractivity contribution in [3.63, 3.8) is 0 Å². The molecule has 2 aliphatic heterocycles. The number of hydrogen-bond acceptors (Lipinski definition) is 5. The number of nitrogens with zero attached hydrogens (tertiary/aromatic N) is 2. The van der Waals surface area contributed by atoms with E-state index in [-0.39, 0.29) is 29.0 Å². The quantitative estimate of drug-likeness (QED) is 0.189. The summed E-state index contributed by atoms with van der Waals surface area (Å²) in [6.45, 7) is 3.69. The Morgan fingerprint density at radius 2 is 0.962 bits per heavy atom. The highest BCUT2D eigenvalue weighted by Gasteiger charge is 2.37. The molecule has 5 heterocycles. The number of ether oxygens (including phenoxy) is 1. The molecule has 3 aromatic heterocycles. The molecule has 7 nitrogen and oxygen atoms in total. The van der Waals surface area contributed by atoms with Gasteiger partial charge in [-0.15, -0.1) is 0 Å². The second-order valence-electron chi connectivity index (χ2n) is 13.2. The summed E-state index contributed by atoms with van der Waals surface area (Å²) < 4.78 is 6.26. The standard InChI is InChI=1S/C45H32N4O3/c1-26(2)52-45-42(43(50)31-15-9-10-16-32(31)44(45)51)41-37-23-21-35(48-37)39(27-11-5-3-6-12-27)33-19-17-29(46-33)25-30-18-20-34(47-30)40(28-13-7-4-8-14-28)36-22-24-38(41)49-36/h3-26,46-47H,1-2H3. The molecule has 0 unspecified atom stereocenters. The SMILES string of the molecule is CC(C)OC1=C(c2c3nc(c(-c4ccccc4)c4ccc(cc5ccc([nH]5)c(-c5ccccc5)c5nc2C=C5)[nH]4)C=C3)C(=O)c2ccccc2C1=O. The van der Waals surface area contributed by atoms with Gasteiger partial charge in [-0.2, -0.15) is 0 Å². The summed E-state index contributed by atoms with van der Waals surface area (Å²) in [5.74, 6) is -0.669. The summed E-state index contributed by atoms with van der Waals surface area (Å²) in [4.78, 5) is 46.6. The van der Waals surface area contributed by atoms with Crippen molar-refractivity contribution < 1.29 is 14.3 Å². The zero-order valence-corrected chi connectivity index (χ0v) is 28.5. The van der Waals surface area contributed by atoms with E-state index in [0.717, 1.165) is 44.3 Å². The molecule has 52 heavy (non-hydrogen) atoms. The second kappa shape index (κ2) is 12.5. The van der Waals surface area contributed by atoms with Crippen molar-refractivity contribution in [3.05, 3.63) is 160 Å². The predicted octanol–water partition coefficient (Wildman–Crippen LogP) is 10.2. The third-order valence-electron chi connectivity index (χ3n) is 9.38. The molecule has 6 aromatic rings. The number of aromatic nitrogens is 4. The van der Waals surface area contributed by atoms with Crippen molar-refractivity contribution in [2.24, 2.45) is 0 Å². The van der Waals surface area contributed by atoms with Crippen LogP contribution in [0.1, 0.15) is 62.9 Å². The van der Waals surface area contributed by atoms with Crippen LogP contribution in [0.4, 0.5) is 0 Å². The Bertz CT molecular complexity index is 2580. The summed E-state index contributed by atoms with van der Waals surface area (Å²) in [5, 5.41) is 0. The average molecular weight is 677 g/mol. The van der Waals surface area contributed by atoms with Gasteiger partial charge >= 0.3 is 0 Å². The van der Waals surface area contributed by atoms with Gasteiger partial charge in [-0.3, -0.25) is 9.59 Å². The molecule has 8 bridgehead atoms. The minimum Gasteiger partial charge on any atom is -0.486 e. The van der Waals surface area contributed by atoms with Crippen molar-refractivity contribution in [1.29, 1.82) is 0 Å². The Labute approximate surface area is 299 Å². The van der Waals surface area contributed by atoms with Crippen LogP contribution >= 0.6 is 0 Å². The molecule has 3 aliphatic rings. The Kier molecular flexibility index (Phi) is 7.47. The summed E-state index contributed by atoms with van der Waals surface area (Å²) in [6, 6.07) is 37.4. The van der Waals surface area contributed by atoms with E-state index in [4.69, 9.17) is 14.7 Å². The van der Waals surface area contributed by atoms with Crippen LogP contribution < -0.4 is 0 Å². The lowest BCUT2D eigenvalue weighted by molar-refractivity contribution is 0.0821. The smallest absolute Gasteiger partial charge is 0.229 e. The number of nitrogens with one attached hydrogen (secondary N) is 2. The van der Waals surface area contributed by atoms with E-state index in [2.05, 4.69) is 64.6 Å². The maximum atomic E-state index is 14.7. The van der Waals surface area contributed by atoms with Crippen LogP contribution in [-0.4, -0.2) is 37.6 Å². The molecule has 0 saturated heterocycles. The minimum atomic E-state index is -0.373. The molecule has 0 fully saturated rings. The number of ketones is 2. The first-order valence-corrected chi connectivity index (χ1v) is 17.3. The van der Waals surface area contributed by atoms with E-state index in [1.54, 1.807) is 24.3 Å². The summed E-state index contributed by atoms with van der Waals surface area (Å²) >= 11 is 0. The molecule has 0 saturated carbocycles. The number of rotatable bonds is 5. The van der Waals surface area contributed by atoms with E-state index >= 15 is 0 Å². The first kappa shape index (κ1) is 31.1. The Hall–Kier alpha value is -6.86. The van der Waals surface area contributed by atoms with Crippen LogP contribution in [0, 0.1) is 0 Å². The molecule has 0 amide bonds. The lowest BCUT2D eigenvalue weighted by Gasteiger charge is -2.23. The number of hydrogen-bond donors (Lipinski definition) is 2. The molecule has 3 aromatic carbocycles. The number of allylic oxidation sites excluding steroid dienone is 2. The average Bonchev–Trinajstić information content (AvgIpc) is 4.00. The summed E-state index contributed by atoms with van der Waals surface area (Å²) in [7, 11) is 0. The lowest BCUT2D eigenvalue weighted by Crippen LogP contribution is -2.25. The number of benzene rings is 3. The van der Waals surface area contributed by atoms with Gasteiger partial charge < -0.3 is 14.7 Å². The zero-order chi connectivity index (χ0) is 35.3. The van der Waals surface area contributed by atoms with Crippen LogP contribution in [0.2, 0.25) is 0 Å². The number of carbonyl (C=O) groups excluding carboxylic acids is 2. The maximum absolute atomic E-state index is 14.7. The maximum Gasteiger partial charge on any atom is 0.229 e. The Morgan fingerprint density at radius 3 is 1.44 bits per heavy atom. The van der Waals surface area contributed by atoms with Crippen molar-refractivity contribution in [2.75, 3.05) is 0 Å². The fourth-order valence-corrected chi connectivity index (χ4v) is 7.14. The van der Waals surface area contributed by atoms with Crippen LogP contribution in [0.25, 0.3) is 74.2 Å². The number of carbonyl (C=O) groups is 2. The normalized spacial score (nSPS) is 13.6. The van der Waals surface area contributed by atoms with Crippen LogP contribution in [0.5, 0.6) is 0 Å². The van der Waals surface area contributed by atoms with Crippen LogP contribution in [-0.2, 0) is 4.74 Å². The van der Waals surface area contributed by atoms with Gasteiger partial charge in [0.1, 0.15) is 0 Å². The third kappa shape index (κ3) is 5.31. The van der Waals surface area contributed by atoms with Crippen molar-refractivity contribution in [3.8, 4) is 22.3 Å². The van der Waals surface area contributed by atoms with E-state index in [1.807, 2.05) is 74.5 Å². The molecule has 0 atom stereocenters. The first-order valence-electron chi connectivity index (χ1n) is 17.3. The number of fused-ring (bicyclic) bond motifs is 9. The van der Waals surface area contributed by atoms with Gasteiger partial charge in [-0.1, -0.05) is 84.9 Å². The van der Waals surface area contributed by atoms with Gasteiger partial charge in [0.15, 0.2) is 11.5 Å². The van der Waals surface area contributed by atoms with Gasteiger partial charge in [0, 0.05) is 49.9 Å². The van der Waals surface area contributed by atoms with Crippen LogP contribution in [0.15, 0.2) is 121 Å². The lowest BCUT2D eigenvalue weighted by atomic mass is 9.84. The van der Waals surface area contributed by atoms with Gasteiger partial charge in [0.2, 0.25) is 5.78 Å². The van der Waals surface area contributed by atoms with Crippen LogP contribution in [0.3, 0.4) is 0 Å². The molecule has 0 radical (unpaired) electrons. The molecule has 1 aliphatic carbocycles. The fraction of sp³-hybridized carbons (Fsp3) is 0.0667. The van der Waals surface area contributed by atoms with E-state index < -0.39 is 0 Å². The molecular weight excluding hydrogens is 645 g/mol. The van der Waals surface area contributed by atoms with Gasteiger partial charge in [-0.25, -0.2) is 9.97 Å². The molecule has 9 rings (SSSR count). The summed E-state index contributed by atoms with van der Waals surface area (Å²) in [5.41, 5.74) is 11.0. The first-order chi connectivity index (χ1) is 25.4. The van der Waals surface area contributed by atoms with Gasteiger partial charge in [-0.05, 0) is 79.6 Å². The number of aromatic amines is 2. The van der Waals surface area contributed by atoms with Crippen molar-refractivity contribution in [1.82, 2.24) is 19.9 Å². The highest BCUT2D eigenvalue weighted by Crippen LogP contribution is 2.40. The molecule has 0 spiro atoms. The molecule has 2 N–H and O–H groups in total. The van der Waals surface area contributed by atoms with Crippen molar-refractivity contribution in [2.45, 2.75) is 20.0 Å². The molecular formula is C45H32N4O3. The van der Waals surface area contributed by atoms with E-state index in [1.165, 1.54) is 0 Å². The topological polar surface area (TPSA) is 101 Å². The Morgan fingerprint density at radius 1 is 0.519 bits per heavy atom. The van der Waals surface area contributed by atoms with Gasteiger partial charge in [0.25, 0.3) is 0 Å². The van der Waals surface area contributed by atoms with Crippen molar-refractivity contribution >= 4 is 63.5 Å². The highest BCUT2D eigenvalue weighted by atomic mass is 16.5. The third-order valence-corrected chi connectivity index (χ3v) is 9.38. The minimum absolute atomic E-state index is 0.00437. The highest BCUT2D eigenvalue weighted by molar-refractivity contribution is 6.40. The zero-order valence-electron chi connectivity index (χ0n) is 28.5. The Balaban J connectivity index is 1.46. The predicted molar refractivity (Wildman–Crippen MR) is 208 cm³/mol. The largest absolute Gasteiger partial charge is 0.486 e. The molecule has 250 valence electrons. The monoisotopic (exact) mass is 676 g/mol. The second-order valence-corrected chi connectivity index (χ2v) is 13.2. The number of H-pyrrole nitrogens is 2. The summed E-state index contributed by atoms with van der Waals surface area (Å²) in [6.07, 6.45) is 7.32. The van der Waals surface area contributed by atoms with E-state index in [0.29, 0.717) is 39.5 Å². The van der Waals surface area contributed by atoms with Gasteiger partial charge in [0.05, 0.1) is 34.5 Å². The number of Topliss-reactive ketones (excluding diaryl/α,β-unsaturated/α-hetero) is 2. The molecule has 7 heteroatoms.